The first-order chi connectivity index (χ1) is 10.6. The Morgan fingerprint density at radius 1 is 1.18 bits per heavy atom. The fraction of sp³-hybridized carbons (Fsp3) is 0.312. The van der Waals surface area contributed by atoms with E-state index in [1.54, 1.807) is 29.2 Å². The van der Waals surface area contributed by atoms with Gasteiger partial charge in [0.2, 0.25) is 0 Å². The van der Waals surface area contributed by atoms with Crippen LogP contribution in [0.25, 0.3) is 11.0 Å². The first-order valence-corrected chi connectivity index (χ1v) is 7.13. The Morgan fingerprint density at radius 2 is 1.91 bits per heavy atom. The van der Waals surface area contributed by atoms with Crippen molar-refractivity contribution >= 4 is 22.8 Å². The number of ether oxygens (including phenoxy) is 1. The Morgan fingerprint density at radius 3 is 2.68 bits per heavy atom. The van der Waals surface area contributed by atoms with Crippen molar-refractivity contribution in [3.05, 3.63) is 46.3 Å². The zero-order valence-electron chi connectivity index (χ0n) is 11.9. The lowest BCUT2D eigenvalue weighted by atomic mass is 10.2. The lowest BCUT2D eigenvalue weighted by molar-refractivity contribution is -0.133. The number of para-hydroxylation sites is 1. The zero-order chi connectivity index (χ0) is 15.5. The van der Waals surface area contributed by atoms with Gasteiger partial charge in [0.25, 0.3) is 5.91 Å². The highest BCUT2D eigenvalue weighted by molar-refractivity contribution is 5.94. The minimum Gasteiger partial charge on any atom is -0.452 e. The lowest BCUT2D eigenvalue weighted by Gasteiger charge is -2.14. The molecule has 0 aliphatic carbocycles. The van der Waals surface area contributed by atoms with Gasteiger partial charge >= 0.3 is 11.6 Å². The molecule has 6 nitrogen and oxygen atoms in total. The van der Waals surface area contributed by atoms with Crippen LogP contribution in [0, 0.1) is 0 Å². The predicted octanol–water partition coefficient (Wildman–Crippen LogP) is 1.57. The highest BCUT2D eigenvalue weighted by atomic mass is 16.5. The van der Waals surface area contributed by atoms with Crippen LogP contribution in [-0.4, -0.2) is 36.5 Å². The van der Waals surface area contributed by atoms with Crippen LogP contribution in [0.1, 0.15) is 23.2 Å². The maximum atomic E-state index is 12.0. The third-order valence-electron chi connectivity index (χ3n) is 3.65. The van der Waals surface area contributed by atoms with Gasteiger partial charge in [-0.25, -0.2) is 9.59 Å². The van der Waals surface area contributed by atoms with E-state index in [1.165, 1.54) is 6.07 Å². The van der Waals surface area contributed by atoms with Crippen LogP contribution < -0.4 is 5.63 Å². The largest absolute Gasteiger partial charge is 0.452 e. The number of hydrogen-bond donors (Lipinski definition) is 0. The normalized spacial score (nSPS) is 14.3. The molecule has 0 N–H and O–H groups in total. The fourth-order valence-corrected chi connectivity index (χ4v) is 2.47. The van der Waals surface area contributed by atoms with Gasteiger partial charge in [0.1, 0.15) is 11.1 Å². The number of esters is 1. The average Bonchev–Trinajstić information content (AvgIpc) is 3.06. The summed E-state index contributed by atoms with van der Waals surface area (Å²) in [6.07, 6.45) is 1.93. The molecule has 22 heavy (non-hydrogen) atoms. The van der Waals surface area contributed by atoms with Crippen LogP contribution in [0.2, 0.25) is 0 Å². The number of carbonyl (C=O) groups is 2. The molecular formula is C16H15NO5. The molecule has 0 radical (unpaired) electrons. The van der Waals surface area contributed by atoms with Crippen molar-refractivity contribution in [2.75, 3.05) is 19.7 Å². The molecule has 1 amide bonds. The number of fused-ring (bicyclic) bond motifs is 1. The van der Waals surface area contributed by atoms with Gasteiger partial charge in [0, 0.05) is 18.5 Å². The van der Waals surface area contributed by atoms with Crippen molar-refractivity contribution in [1.29, 1.82) is 0 Å². The second-order valence-corrected chi connectivity index (χ2v) is 5.15. The Bertz CT molecular complexity index is 773. The minimum atomic E-state index is -0.841. The summed E-state index contributed by atoms with van der Waals surface area (Å²) in [4.78, 5) is 37.3. The smallest absolute Gasteiger partial charge is 0.351 e. The molecule has 1 aromatic carbocycles. The van der Waals surface area contributed by atoms with Crippen LogP contribution in [0.4, 0.5) is 0 Å². The van der Waals surface area contributed by atoms with Crippen molar-refractivity contribution in [1.82, 2.24) is 4.90 Å². The molecule has 2 heterocycles. The van der Waals surface area contributed by atoms with Crippen LogP contribution in [0.3, 0.4) is 0 Å². The van der Waals surface area contributed by atoms with E-state index in [0.717, 1.165) is 12.8 Å². The van der Waals surface area contributed by atoms with Gasteiger partial charge in [-0.15, -0.1) is 0 Å². The van der Waals surface area contributed by atoms with Crippen LogP contribution >= 0.6 is 0 Å². The standard InChI is InChI=1S/C16H15NO5/c18-14(17-7-3-4-8-17)10-21-15(19)12-9-11-5-1-2-6-13(11)22-16(12)20/h1-2,5-6,9H,3-4,7-8,10H2. The SMILES string of the molecule is O=C(OCC(=O)N1CCCC1)c1cc2ccccc2oc1=O. The maximum Gasteiger partial charge on any atom is 0.351 e. The van der Waals surface area contributed by atoms with Crippen molar-refractivity contribution in [3.8, 4) is 0 Å². The third-order valence-corrected chi connectivity index (χ3v) is 3.65. The molecule has 0 saturated carbocycles. The fourth-order valence-electron chi connectivity index (χ4n) is 2.47. The molecule has 0 spiro atoms. The van der Waals surface area contributed by atoms with Crippen LogP contribution in [0.15, 0.2) is 39.5 Å². The number of carbonyl (C=O) groups excluding carboxylic acids is 2. The van der Waals surface area contributed by atoms with Crippen molar-refractivity contribution in [3.63, 3.8) is 0 Å². The monoisotopic (exact) mass is 301 g/mol. The summed E-state index contributed by atoms with van der Waals surface area (Å²) in [7, 11) is 0. The molecule has 0 unspecified atom stereocenters. The number of amides is 1. The number of nitrogens with zero attached hydrogens (tertiary/aromatic N) is 1. The van der Waals surface area contributed by atoms with Gasteiger partial charge in [0.15, 0.2) is 6.61 Å². The van der Waals surface area contributed by atoms with Crippen molar-refractivity contribution in [2.45, 2.75) is 12.8 Å². The number of rotatable bonds is 3. The summed E-state index contributed by atoms with van der Waals surface area (Å²) in [5.74, 6) is -1.08. The van der Waals surface area contributed by atoms with E-state index >= 15 is 0 Å². The molecule has 1 aromatic heterocycles. The second kappa shape index (κ2) is 6.01. The lowest BCUT2D eigenvalue weighted by Crippen LogP contribution is -2.32. The van der Waals surface area contributed by atoms with E-state index in [9.17, 15) is 14.4 Å². The average molecular weight is 301 g/mol. The molecule has 3 rings (SSSR count). The summed E-state index contributed by atoms with van der Waals surface area (Å²) in [6, 6.07) is 8.29. The van der Waals surface area contributed by atoms with Gasteiger partial charge in [-0.2, -0.15) is 0 Å². The molecule has 1 aliphatic heterocycles. The Labute approximate surface area is 126 Å². The van der Waals surface area contributed by atoms with E-state index in [4.69, 9.17) is 9.15 Å². The predicted molar refractivity (Wildman–Crippen MR) is 78.6 cm³/mol. The van der Waals surface area contributed by atoms with Gasteiger partial charge in [-0.3, -0.25) is 4.79 Å². The molecule has 0 atom stereocenters. The van der Waals surface area contributed by atoms with Crippen molar-refractivity contribution in [2.24, 2.45) is 0 Å². The summed E-state index contributed by atoms with van der Waals surface area (Å²) in [5, 5.41) is 0.625. The zero-order valence-corrected chi connectivity index (χ0v) is 11.9. The van der Waals surface area contributed by atoms with E-state index in [2.05, 4.69) is 0 Å². The molecule has 6 heteroatoms. The quantitative estimate of drug-likeness (QED) is 0.635. The Kier molecular flexibility index (Phi) is 3.91. The van der Waals surface area contributed by atoms with Gasteiger partial charge in [-0.05, 0) is 25.0 Å². The van der Waals surface area contributed by atoms with Crippen LogP contribution in [0.5, 0.6) is 0 Å². The summed E-state index contributed by atoms with van der Waals surface area (Å²) in [6.45, 7) is 1.02. The van der Waals surface area contributed by atoms with E-state index in [1.807, 2.05) is 0 Å². The van der Waals surface area contributed by atoms with E-state index in [-0.39, 0.29) is 18.1 Å². The number of likely N-dealkylation sites (tertiary alicyclic amines) is 1. The maximum absolute atomic E-state index is 12.0. The highest BCUT2D eigenvalue weighted by Gasteiger charge is 2.21. The summed E-state index contributed by atoms with van der Waals surface area (Å²) in [5.41, 5.74) is -0.567. The first-order valence-electron chi connectivity index (χ1n) is 7.13. The summed E-state index contributed by atoms with van der Waals surface area (Å²) < 4.78 is 10.0. The molecular weight excluding hydrogens is 286 g/mol. The molecule has 2 aromatic rings. The number of benzene rings is 1. The topological polar surface area (TPSA) is 76.8 Å². The van der Waals surface area contributed by atoms with Crippen LogP contribution in [-0.2, 0) is 9.53 Å². The van der Waals surface area contributed by atoms with Gasteiger partial charge < -0.3 is 14.1 Å². The molecule has 114 valence electrons. The second-order valence-electron chi connectivity index (χ2n) is 5.15. The number of hydrogen-bond acceptors (Lipinski definition) is 5. The molecule has 1 aliphatic rings. The van der Waals surface area contributed by atoms with Gasteiger partial charge in [-0.1, -0.05) is 18.2 Å². The molecule has 1 fully saturated rings. The van der Waals surface area contributed by atoms with E-state index < -0.39 is 11.6 Å². The van der Waals surface area contributed by atoms with Crippen molar-refractivity contribution < 1.29 is 18.7 Å². The highest BCUT2D eigenvalue weighted by Crippen LogP contribution is 2.13. The Hall–Kier alpha value is -2.63. The Balaban J connectivity index is 1.73. The third kappa shape index (κ3) is 2.86. The first kappa shape index (κ1) is 14.3. The van der Waals surface area contributed by atoms with E-state index in [0.29, 0.717) is 24.1 Å². The van der Waals surface area contributed by atoms with Gasteiger partial charge in [0.05, 0.1) is 0 Å². The summed E-state index contributed by atoms with van der Waals surface area (Å²) >= 11 is 0. The minimum absolute atomic E-state index is 0.201. The molecule has 1 saturated heterocycles. The molecule has 0 bridgehead atoms.